The first-order chi connectivity index (χ1) is 9.53. The molecule has 0 amide bonds. The summed E-state index contributed by atoms with van der Waals surface area (Å²) in [6.45, 7) is 7.72. The van der Waals surface area contributed by atoms with Gasteiger partial charge in [0.2, 0.25) is 5.75 Å². The molecular formula is C16H25NO3. The molecule has 20 heavy (non-hydrogen) atoms. The van der Waals surface area contributed by atoms with E-state index in [-0.39, 0.29) is 5.75 Å². The lowest BCUT2D eigenvalue weighted by atomic mass is 9.91. The highest BCUT2D eigenvalue weighted by atomic mass is 16.5. The minimum absolute atomic E-state index is 0.0686. The summed E-state index contributed by atoms with van der Waals surface area (Å²) in [5.41, 5.74) is 1.11. The van der Waals surface area contributed by atoms with Gasteiger partial charge >= 0.3 is 0 Å². The molecule has 0 radical (unpaired) electrons. The second-order valence-corrected chi connectivity index (χ2v) is 5.99. The molecule has 0 saturated carbocycles. The molecule has 1 fully saturated rings. The topological polar surface area (TPSA) is 41.9 Å². The van der Waals surface area contributed by atoms with Gasteiger partial charge in [0.05, 0.1) is 14.2 Å². The van der Waals surface area contributed by atoms with Crippen LogP contribution in [-0.2, 0) is 6.54 Å². The SMILES string of the molecule is COc1cc(CN2CC(C)CC(C)C2)cc(OC)c1O. The van der Waals surface area contributed by atoms with Crippen molar-refractivity contribution < 1.29 is 14.6 Å². The number of piperidine rings is 1. The zero-order valence-electron chi connectivity index (χ0n) is 12.8. The molecule has 1 aromatic rings. The summed E-state index contributed by atoms with van der Waals surface area (Å²) < 4.78 is 10.4. The highest BCUT2D eigenvalue weighted by Crippen LogP contribution is 2.37. The first kappa shape index (κ1) is 15.0. The van der Waals surface area contributed by atoms with Gasteiger partial charge in [-0.25, -0.2) is 0 Å². The molecule has 1 aliphatic rings. The molecule has 0 bridgehead atoms. The molecule has 4 nitrogen and oxygen atoms in total. The number of phenolic OH excluding ortho intramolecular Hbond substituents is 1. The number of rotatable bonds is 4. The van der Waals surface area contributed by atoms with Crippen LogP contribution in [0.25, 0.3) is 0 Å². The van der Waals surface area contributed by atoms with E-state index >= 15 is 0 Å². The number of hydrogen-bond donors (Lipinski definition) is 1. The molecule has 0 spiro atoms. The monoisotopic (exact) mass is 279 g/mol. The quantitative estimate of drug-likeness (QED) is 0.920. The minimum atomic E-state index is 0.0686. The van der Waals surface area contributed by atoms with Crippen molar-refractivity contribution >= 4 is 0 Å². The van der Waals surface area contributed by atoms with Gasteiger partial charge in [0, 0.05) is 19.6 Å². The van der Waals surface area contributed by atoms with Crippen LogP contribution in [0.3, 0.4) is 0 Å². The summed E-state index contributed by atoms with van der Waals surface area (Å²) in [5, 5.41) is 9.94. The van der Waals surface area contributed by atoms with E-state index in [0.29, 0.717) is 11.5 Å². The Morgan fingerprint density at radius 1 is 1.10 bits per heavy atom. The normalized spacial score (nSPS) is 23.6. The van der Waals surface area contributed by atoms with Gasteiger partial charge in [0.25, 0.3) is 0 Å². The summed E-state index contributed by atoms with van der Waals surface area (Å²) >= 11 is 0. The molecule has 1 aliphatic heterocycles. The molecule has 112 valence electrons. The van der Waals surface area contributed by atoms with E-state index in [4.69, 9.17) is 9.47 Å². The number of phenols is 1. The molecule has 0 aliphatic carbocycles. The smallest absolute Gasteiger partial charge is 0.200 e. The largest absolute Gasteiger partial charge is 0.502 e. The van der Waals surface area contributed by atoms with Gasteiger partial charge in [-0.15, -0.1) is 0 Å². The van der Waals surface area contributed by atoms with Crippen LogP contribution < -0.4 is 9.47 Å². The Hall–Kier alpha value is -1.42. The van der Waals surface area contributed by atoms with Crippen LogP contribution in [0.1, 0.15) is 25.8 Å². The van der Waals surface area contributed by atoms with Crippen LogP contribution in [0.5, 0.6) is 17.2 Å². The number of benzene rings is 1. The number of ether oxygens (including phenoxy) is 2. The Morgan fingerprint density at radius 3 is 2.05 bits per heavy atom. The first-order valence-corrected chi connectivity index (χ1v) is 7.19. The van der Waals surface area contributed by atoms with Crippen LogP contribution in [0.4, 0.5) is 0 Å². The Labute approximate surface area is 121 Å². The number of methoxy groups -OCH3 is 2. The van der Waals surface area contributed by atoms with E-state index in [9.17, 15) is 5.11 Å². The highest BCUT2D eigenvalue weighted by Gasteiger charge is 2.22. The van der Waals surface area contributed by atoms with Crippen molar-refractivity contribution in [2.45, 2.75) is 26.8 Å². The standard InChI is InChI=1S/C16H25NO3/c1-11-5-12(2)9-17(8-11)10-13-6-14(19-3)16(18)15(7-13)20-4/h6-7,11-12,18H,5,8-10H2,1-4H3. The molecule has 0 aromatic heterocycles. The number of hydrogen-bond acceptors (Lipinski definition) is 4. The maximum absolute atomic E-state index is 9.94. The van der Waals surface area contributed by atoms with Crippen molar-refractivity contribution in [2.24, 2.45) is 11.8 Å². The third-order valence-electron chi connectivity index (χ3n) is 3.89. The van der Waals surface area contributed by atoms with Crippen molar-refractivity contribution in [3.05, 3.63) is 17.7 Å². The van der Waals surface area contributed by atoms with Crippen LogP contribution in [-0.4, -0.2) is 37.3 Å². The first-order valence-electron chi connectivity index (χ1n) is 7.19. The zero-order chi connectivity index (χ0) is 14.7. The Kier molecular flexibility index (Phi) is 4.76. The van der Waals surface area contributed by atoms with E-state index in [1.165, 1.54) is 6.42 Å². The van der Waals surface area contributed by atoms with Crippen LogP contribution in [0.2, 0.25) is 0 Å². The van der Waals surface area contributed by atoms with Gasteiger partial charge in [0.1, 0.15) is 0 Å². The second kappa shape index (κ2) is 6.35. The lowest BCUT2D eigenvalue weighted by molar-refractivity contribution is 0.134. The molecule has 1 aromatic carbocycles. The molecule has 1 N–H and O–H groups in total. The minimum Gasteiger partial charge on any atom is -0.502 e. The van der Waals surface area contributed by atoms with Gasteiger partial charge in [-0.3, -0.25) is 4.90 Å². The zero-order valence-corrected chi connectivity index (χ0v) is 12.8. The summed E-state index contributed by atoms with van der Waals surface area (Å²) in [4.78, 5) is 2.46. The predicted molar refractivity (Wildman–Crippen MR) is 79.4 cm³/mol. The molecule has 2 atom stereocenters. The Bertz CT molecular complexity index is 426. The van der Waals surface area contributed by atoms with Crippen molar-refractivity contribution in [1.29, 1.82) is 0 Å². The van der Waals surface area contributed by atoms with Crippen LogP contribution >= 0.6 is 0 Å². The van der Waals surface area contributed by atoms with Gasteiger partial charge < -0.3 is 14.6 Å². The van der Waals surface area contributed by atoms with E-state index in [2.05, 4.69) is 18.7 Å². The average Bonchev–Trinajstić information content (AvgIpc) is 2.39. The van der Waals surface area contributed by atoms with E-state index in [1.807, 2.05) is 12.1 Å². The average molecular weight is 279 g/mol. The predicted octanol–water partition coefficient (Wildman–Crippen LogP) is 2.89. The van der Waals surface area contributed by atoms with E-state index in [1.54, 1.807) is 14.2 Å². The van der Waals surface area contributed by atoms with Crippen molar-refractivity contribution in [2.75, 3.05) is 27.3 Å². The van der Waals surface area contributed by atoms with Crippen LogP contribution in [0.15, 0.2) is 12.1 Å². The summed E-state index contributed by atoms with van der Waals surface area (Å²) in [6.07, 6.45) is 1.30. The van der Waals surface area contributed by atoms with Gasteiger partial charge in [-0.1, -0.05) is 13.8 Å². The van der Waals surface area contributed by atoms with Gasteiger partial charge in [0.15, 0.2) is 11.5 Å². The van der Waals surface area contributed by atoms with Crippen molar-refractivity contribution in [3.63, 3.8) is 0 Å². The maximum atomic E-state index is 9.94. The fraction of sp³-hybridized carbons (Fsp3) is 0.625. The second-order valence-electron chi connectivity index (χ2n) is 5.99. The summed E-state index contributed by atoms with van der Waals surface area (Å²) in [5.74, 6) is 2.48. The molecule has 4 heteroatoms. The highest BCUT2D eigenvalue weighted by molar-refractivity contribution is 5.52. The lowest BCUT2D eigenvalue weighted by Gasteiger charge is -2.35. The van der Waals surface area contributed by atoms with Crippen molar-refractivity contribution in [3.8, 4) is 17.2 Å². The summed E-state index contributed by atoms with van der Waals surface area (Å²) in [7, 11) is 3.12. The molecular weight excluding hydrogens is 254 g/mol. The van der Waals surface area contributed by atoms with Gasteiger partial charge in [-0.05, 0) is 36.0 Å². The number of nitrogens with zero attached hydrogens (tertiary/aromatic N) is 1. The van der Waals surface area contributed by atoms with Crippen LogP contribution in [0, 0.1) is 11.8 Å². The third kappa shape index (κ3) is 3.37. The van der Waals surface area contributed by atoms with E-state index < -0.39 is 0 Å². The number of aromatic hydroxyl groups is 1. The molecule has 2 unspecified atom stereocenters. The van der Waals surface area contributed by atoms with E-state index in [0.717, 1.165) is 37.0 Å². The lowest BCUT2D eigenvalue weighted by Crippen LogP contribution is -2.38. The fourth-order valence-corrected chi connectivity index (χ4v) is 3.22. The van der Waals surface area contributed by atoms with Gasteiger partial charge in [-0.2, -0.15) is 0 Å². The summed E-state index contributed by atoms with van der Waals surface area (Å²) in [6, 6.07) is 3.78. The fourth-order valence-electron chi connectivity index (χ4n) is 3.22. The Balaban J connectivity index is 2.16. The Morgan fingerprint density at radius 2 is 1.60 bits per heavy atom. The third-order valence-corrected chi connectivity index (χ3v) is 3.89. The molecule has 1 heterocycles. The molecule has 1 saturated heterocycles. The maximum Gasteiger partial charge on any atom is 0.200 e. The number of likely N-dealkylation sites (tertiary alicyclic amines) is 1. The molecule has 2 rings (SSSR count). The van der Waals surface area contributed by atoms with Crippen molar-refractivity contribution in [1.82, 2.24) is 4.90 Å².